The van der Waals surface area contributed by atoms with Gasteiger partial charge in [-0.25, -0.2) is 0 Å². The lowest BCUT2D eigenvalue weighted by molar-refractivity contribution is 0.0195. The summed E-state index contributed by atoms with van der Waals surface area (Å²) in [6, 6.07) is 9.32. The first-order valence-corrected chi connectivity index (χ1v) is 12.5. The number of para-hydroxylation sites is 1. The number of guanidine groups is 1. The molecule has 7 heteroatoms. The largest absolute Gasteiger partial charge is 0.496 e. The molecule has 4 rings (SSSR count). The number of rotatable bonds is 7. The Labute approximate surface area is 193 Å². The third kappa shape index (κ3) is 5.74. The minimum absolute atomic E-state index is 0.248. The Morgan fingerprint density at radius 1 is 1.12 bits per heavy atom. The monoisotopic (exact) mass is 443 g/mol. The molecular formula is C25H41N5O2. The second kappa shape index (κ2) is 11.9. The SMILES string of the molecule is CCNC(=NCC(c1ccccc1OC)N1CCCCC1)N1CCC(N2CCOCC2)C1. The topological polar surface area (TPSA) is 52.6 Å². The second-order valence-electron chi connectivity index (χ2n) is 9.09. The highest BCUT2D eigenvalue weighted by atomic mass is 16.5. The average Bonchev–Trinajstić information content (AvgIpc) is 3.35. The molecule has 32 heavy (non-hydrogen) atoms. The molecule has 0 spiro atoms. The first-order chi connectivity index (χ1) is 15.8. The predicted molar refractivity (Wildman–Crippen MR) is 130 cm³/mol. The lowest BCUT2D eigenvalue weighted by atomic mass is 10.0. The van der Waals surface area contributed by atoms with E-state index in [2.05, 4.69) is 51.2 Å². The molecule has 2 atom stereocenters. The van der Waals surface area contributed by atoms with Gasteiger partial charge < -0.3 is 19.7 Å². The molecule has 3 heterocycles. The Morgan fingerprint density at radius 3 is 2.66 bits per heavy atom. The van der Waals surface area contributed by atoms with E-state index < -0.39 is 0 Å². The summed E-state index contributed by atoms with van der Waals surface area (Å²) in [4.78, 5) is 12.9. The van der Waals surface area contributed by atoms with Gasteiger partial charge in [-0.3, -0.25) is 14.8 Å². The van der Waals surface area contributed by atoms with Crippen LogP contribution in [-0.2, 0) is 4.74 Å². The Bertz CT molecular complexity index is 731. The molecule has 0 radical (unpaired) electrons. The first kappa shape index (κ1) is 23.3. The number of benzene rings is 1. The maximum atomic E-state index is 5.74. The van der Waals surface area contributed by atoms with Crippen LogP contribution in [0.5, 0.6) is 5.75 Å². The van der Waals surface area contributed by atoms with Gasteiger partial charge in [0.1, 0.15) is 5.75 Å². The Morgan fingerprint density at radius 2 is 1.91 bits per heavy atom. The molecule has 0 bridgehead atoms. The van der Waals surface area contributed by atoms with Gasteiger partial charge >= 0.3 is 0 Å². The van der Waals surface area contributed by atoms with Gasteiger partial charge in [0, 0.05) is 44.3 Å². The van der Waals surface area contributed by atoms with Crippen LogP contribution in [-0.4, -0.2) is 99.4 Å². The molecule has 1 aromatic carbocycles. The van der Waals surface area contributed by atoms with E-state index in [0.717, 1.165) is 77.3 Å². The minimum Gasteiger partial charge on any atom is -0.496 e. The van der Waals surface area contributed by atoms with E-state index in [-0.39, 0.29) is 6.04 Å². The number of hydrogen-bond acceptors (Lipinski definition) is 5. The normalized spacial score (nSPS) is 24.5. The highest BCUT2D eigenvalue weighted by molar-refractivity contribution is 5.80. The van der Waals surface area contributed by atoms with Crippen LogP contribution in [0.3, 0.4) is 0 Å². The summed E-state index contributed by atoms with van der Waals surface area (Å²) in [6.45, 7) is 12.0. The van der Waals surface area contributed by atoms with Gasteiger partial charge in [0.2, 0.25) is 0 Å². The Hall–Kier alpha value is -1.83. The lowest BCUT2D eigenvalue weighted by Gasteiger charge is -2.35. The summed E-state index contributed by atoms with van der Waals surface area (Å²) in [5, 5.41) is 3.57. The van der Waals surface area contributed by atoms with Crippen molar-refractivity contribution in [3.63, 3.8) is 0 Å². The van der Waals surface area contributed by atoms with Crippen LogP contribution in [0.1, 0.15) is 44.2 Å². The highest BCUT2D eigenvalue weighted by Gasteiger charge is 2.31. The fourth-order valence-electron chi connectivity index (χ4n) is 5.36. The fourth-order valence-corrected chi connectivity index (χ4v) is 5.36. The van der Waals surface area contributed by atoms with E-state index in [1.807, 2.05) is 0 Å². The number of nitrogens with one attached hydrogen (secondary N) is 1. The van der Waals surface area contributed by atoms with Gasteiger partial charge in [-0.15, -0.1) is 0 Å². The van der Waals surface area contributed by atoms with Gasteiger partial charge in [0.15, 0.2) is 5.96 Å². The third-order valence-electron chi connectivity index (χ3n) is 7.10. The summed E-state index contributed by atoms with van der Waals surface area (Å²) in [7, 11) is 1.77. The number of nitrogens with zero attached hydrogens (tertiary/aromatic N) is 4. The molecule has 1 aromatic rings. The van der Waals surface area contributed by atoms with Crippen LogP contribution >= 0.6 is 0 Å². The number of aliphatic imine (C=N–C) groups is 1. The van der Waals surface area contributed by atoms with Crippen molar-refractivity contribution in [2.75, 3.05) is 72.7 Å². The number of methoxy groups -OCH3 is 1. The van der Waals surface area contributed by atoms with E-state index >= 15 is 0 Å². The summed E-state index contributed by atoms with van der Waals surface area (Å²) in [6.07, 6.45) is 5.07. The quantitative estimate of drug-likeness (QED) is 0.516. The van der Waals surface area contributed by atoms with Crippen LogP contribution in [0.25, 0.3) is 0 Å². The van der Waals surface area contributed by atoms with E-state index in [0.29, 0.717) is 6.04 Å². The number of ether oxygens (including phenoxy) is 2. The summed E-state index contributed by atoms with van der Waals surface area (Å²) >= 11 is 0. The molecule has 0 saturated carbocycles. The van der Waals surface area contributed by atoms with E-state index in [1.54, 1.807) is 7.11 Å². The van der Waals surface area contributed by atoms with Crippen LogP contribution in [0.2, 0.25) is 0 Å². The fraction of sp³-hybridized carbons (Fsp3) is 0.720. The van der Waals surface area contributed by atoms with Gasteiger partial charge in [0.25, 0.3) is 0 Å². The van der Waals surface area contributed by atoms with Gasteiger partial charge in [0.05, 0.1) is 32.9 Å². The first-order valence-electron chi connectivity index (χ1n) is 12.5. The molecule has 3 saturated heterocycles. The standard InChI is InChI=1S/C25H41N5O2/c1-3-26-25(30-14-11-21(20-30)28-15-17-32-18-16-28)27-19-23(29-12-7-4-8-13-29)22-9-5-6-10-24(22)31-2/h5-6,9-10,21,23H,3-4,7-8,11-20H2,1-2H3,(H,26,27). The zero-order valence-corrected chi connectivity index (χ0v) is 20.0. The maximum absolute atomic E-state index is 5.74. The van der Waals surface area contributed by atoms with Gasteiger partial charge in [-0.1, -0.05) is 24.6 Å². The smallest absolute Gasteiger partial charge is 0.194 e. The number of piperidine rings is 1. The molecule has 178 valence electrons. The van der Waals surface area contributed by atoms with E-state index in [1.165, 1.54) is 31.2 Å². The molecule has 0 amide bonds. The van der Waals surface area contributed by atoms with Crippen LogP contribution in [0.4, 0.5) is 0 Å². The van der Waals surface area contributed by atoms with Crippen LogP contribution < -0.4 is 10.1 Å². The maximum Gasteiger partial charge on any atom is 0.194 e. The van der Waals surface area contributed by atoms with Crippen molar-refractivity contribution < 1.29 is 9.47 Å². The van der Waals surface area contributed by atoms with Crippen molar-refractivity contribution in [3.8, 4) is 5.75 Å². The average molecular weight is 444 g/mol. The molecule has 2 unspecified atom stereocenters. The molecule has 1 N–H and O–H groups in total. The van der Waals surface area contributed by atoms with Crippen molar-refractivity contribution >= 4 is 5.96 Å². The zero-order valence-electron chi connectivity index (χ0n) is 20.0. The summed E-state index contributed by atoms with van der Waals surface area (Å²) in [5.74, 6) is 2.02. The van der Waals surface area contributed by atoms with E-state index in [4.69, 9.17) is 14.5 Å². The second-order valence-corrected chi connectivity index (χ2v) is 9.09. The predicted octanol–water partition coefficient (Wildman–Crippen LogP) is 2.59. The molecule has 3 aliphatic heterocycles. The molecule has 0 aromatic heterocycles. The Kier molecular flexibility index (Phi) is 8.65. The third-order valence-corrected chi connectivity index (χ3v) is 7.10. The molecular weight excluding hydrogens is 402 g/mol. The Balaban J connectivity index is 1.49. The van der Waals surface area contributed by atoms with Crippen molar-refractivity contribution in [2.24, 2.45) is 4.99 Å². The van der Waals surface area contributed by atoms with Crippen molar-refractivity contribution in [3.05, 3.63) is 29.8 Å². The summed E-state index contributed by atoms with van der Waals surface area (Å²) < 4.78 is 11.3. The van der Waals surface area contributed by atoms with Crippen molar-refractivity contribution in [1.82, 2.24) is 20.0 Å². The van der Waals surface area contributed by atoms with Crippen LogP contribution in [0, 0.1) is 0 Å². The minimum atomic E-state index is 0.248. The molecule has 0 aliphatic carbocycles. The lowest BCUT2D eigenvalue weighted by Crippen LogP contribution is -2.47. The molecule has 3 fully saturated rings. The number of morpholine rings is 1. The molecule has 3 aliphatic rings. The zero-order chi connectivity index (χ0) is 22.2. The highest BCUT2D eigenvalue weighted by Crippen LogP contribution is 2.31. The molecule has 7 nitrogen and oxygen atoms in total. The number of hydrogen-bond donors (Lipinski definition) is 1. The van der Waals surface area contributed by atoms with Crippen molar-refractivity contribution in [1.29, 1.82) is 0 Å². The van der Waals surface area contributed by atoms with Gasteiger partial charge in [-0.2, -0.15) is 0 Å². The van der Waals surface area contributed by atoms with Crippen LogP contribution in [0.15, 0.2) is 29.3 Å². The summed E-state index contributed by atoms with van der Waals surface area (Å²) in [5.41, 5.74) is 1.25. The van der Waals surface area contributed by atoms with Crippen molar-refractivity contribution in [2.45, 2.75) is 44.7 Å². The van der Waals surface area contributed by atoms with Gasteiger partial charge in [-0.05, 0) is 45.3 Å². The number of likely N-dealkylation sites (tertiary alicyclic amines) is 2. The van der Waals surface area contributed by atoms with E-state index in [9.17, 15) is 0 Å².